The number of nitrogen functional groups attached to an aromatic ring is 1. The molecule has 0 bridgehead atoms. The smallest absolute Gasteiger partial charge is 0.145 e. The minimum Gasteiger partial charge on any atom is -0.490 e. The van der Waals surface area contributed by atoms with E-state index in [0.29, 0.717) is 18.7 Å². The Morgan fingerprint density at radius 3 is 2.92 bits per heavy atom. The highest BCUT2D eigenvalue weighted by atomic mass is 16.5. The zero-order valence-corrected chi connectivity index (χ0v) is 7.71. The van der Waals surface area contributed by atoms with Crippen LogP contribution in [0.25, 0.3) is 0 Å². The molecule has 0 aliphatic carbocycles. The summed E-state index contributed by atoms with van der Waals surface area (Å²) in [6.07, 6.45) is 5.71. The van der Waals surface area contributed by atoms with Crippen molar-refractivity contribution < 1.29 is 4.74 Å². The highest BCUT2D eigenvalue weighted by Gasteiger charge is 2.02. The topological polar surface area (TPSA) is 35.2 Å². The number of ether oxygens (including phenoxy) is 1. The van der Waals surface area contributed by atoms with E-state index < -0.39 is 0 Å². The average Bonchev–Trinajstić information content (AvgIpc) is 2.10. The second kappa shape index (κ2) is 4.42. The van der Waals surface area contributed by atoms with E-state index in [0.717, 1.165) is 11.3 Å². The molecule has 0 radical (unpaired) electrons. The molecule has 0 aliphatic heterocycles. The molecular weight excluding hydrogens is 162 g/mol. The Hall–Kier alpha value is -1.62. The van der Waals surface area contributed by atoms with E-state index in [4.69, 9.17) is 16.9 Å². The molecule has 2 heteroatoms. The molecule has 0 aliphatic rings. The molecule has 1 aromatic carbocycles. The molecule has 0 unspecified atom stereocenters. The third-order valence-electron chi connectivity index (χ3n) is 1.74. The molecule has 68 valence electrons. The first-order chi connectivity index (χ1) is 6.25. The van der Waals surface area contributed by atoms with Gasteiger partial charge in [-0.3, -0.25) is 0 Å². The van der Waals surface area contributed by atoms with Crippen LogP contribution in [0.15, 0.2) is 18.2 Å². The van der Waals surface area contributed by atoms with Crippen LogP contribution in [0.1, 0.15) is 12.0 Å². The Labute approximate surface area is 78.7 Å². The first kappa shape index (κ1) is 9.47. The van der Waals surface area contributed by atoms with Gasteiger partial charge in [-0.15, -0.1) is 12.3 Å². The van der Waals surface area contributed by atoms with E-state index in [9.17, 15) is 0 Å². The van der Waals surface area contributed by atoms with Gasteiger partial charge in [-0.25, -0.2) is 0 Å². The SMILES string of the molecule is C#CCCOc1c(C)cccc1N. The number of nitrogens with two attached hydrogens (primary N) is 1. The van der Waals surface area contributed by atoms with Gasteiger partial charge in [-0.1, -0.05) is 12.1 Å². The second-order valence-electron chi connectivity index (χ2n) is 2.80. The minimum atomic E-state index is 0.519. The Morgan fingerprint density at radius 1 is 1.54 bits per heavy atom. The van der Waals surface area contributed by atoms with Crippen LogP contribution in [0.5, 0.6) is 5.75 Å². The van der Waals surface area contributed by atoms with E-state index >= 15 is 0 Å². The largest absolute Gasteiger partial charge is 0.490 e. The fourth-order valence-corrected chi connectivity index (χ4v) is 1.08. The average molecular weight is 175 g/mol. The number of terminal acetylenes is 1. The van der Waals surface area contributed by atoms with Gasteiger partial charge >= 0.3 is 0 Å². The maximum atomic E-state index is 5.73. The van der Waals surface area contributed by atoms with Crippen LogP contribution in [0.2, 0.25) is 0 Å². The van der Waals surface area contributed by atoms with Crippen molar-refractivity contribution in [1.29, 1.82) is 0 Å². The molecule has 0 spiro atoms. The molecule has 0 aromatic heterocycles. The van der Waals surface area contributed by atoms with E-state index in [-0.39, 0.29) is 0 Å². The number of para-hydroxylation sites is 1. The lowest BCUT2D eigenvalue weighted by atomic mass is 10.2. The molecule has 0 saturated heterocycles. The van der Waals surface area contributed by atoms with Crippen molar-refractivity contribution in [3.63, 3.8) is 0 Å². The Bertz CT molecular complexity index is 305. The second-order valence-corrected chi connectivity index (χ2v) is 2.80. The highest BCUT2D eigenvalue weighted by molar-refractivity contribution is 5.56. The van der Waals surface area contributed by atoms with E-state index in [1.807, 2.05) is 25.1 Å². The number of anilines is 1. The van der Waals surface area contributed by atoms with Gasteiger partial charge in [0.25, 0.3) is 0 Å². The summed E-state index contributed by atoms with van der Waals surface area (Å²) in [6, 6.07) is 5.68. The Balaban J connectivity index is 2.71. The molecule has 0 heterocycles. The first-order valence-corrected chi connectivity index (χ1v) is 4.17. The van der Waals surface area contributed by atoms with Crippen LogP contribution in [-0.4, -0.2) is 6.61 Å². The maximum absolute atomic E-state index is 5.73. The van der Waals surface area contributed by atoms with Crippen LogP contribution in [-0.2, 0) is 0 Å². The predicted octanol–water partition coefficient (Wildman–Crippen LogP) is 1.98. The molecule has 0 fully saturated rings. The van der Waals surface area contributed by atoms with Crippen LogP contribution in [0, 0.1) is 19.3 Å². The third kappa shape index (κ3) is 2.41. The zero-order valence-electron chi connectivity index (χ0n) is 7.71. The lowest BCUT2D eigenvalue weighted by Crippen LogP contribution is -2.00. The Morgan fingerprint density at radius 2 is 2.31 bits per heavy atom. The zero-order chi connectivity index (χ0) is 9.68. The van der Waals surface area contributed by atoms with Crippen molar-refractivity contribution in [3.05, 3.63) is 23.8 Å². The summed E-state index contributed by atoms with van der Waals surface area (Å²) in [4.78, 5) is 0. The molecule has 13 heavy (non-hydrogen) atoms. The number of rotatable bonds is 3. The molecule has 0 saturated carbocycles. The maximum Gasteiger partial charge on any atom is 0.145 e. The lowest BCUT2D eigenvalue weighted by Gasteiger charge is -2.09. The summed E-state index contributed by atoms with van der Waals surface area (Å²) in [7, 11) is 0. The van der Waals surface area contributed by atoms with Crippen LogP contribution >= 0.6 is 0 Å². The molecule has 0 atom stereocenters. The van der Waals surface area contributed by atoms with E-state index in [2.05, 4.69) is 5.92 Å². The lowest BCUT2D eigenvalue weighted by molar-refractivity contribution is 0.327. The van der Waals surface area contributed by atoms with Crippen molar-refractivity contribution in [2.45, 2.75) is 13.3 Å². The number of aryl methyl sites for hydroxylation is 1. The van der Waals surface area contributed by atoms with Gasteiger partial charge in [0.1, 0.15) is 5.75 Å². The predicted molar refractivity (Wildman–Crippen MR) is 54.5 cm³/mol. The summed E-state index contributed by atoms with van der Waals surface area (Å²) >= 11 is 0. The van der Waals surface area contributed by atoms with Crippen LogP contribution in [0.4, 0.5) is 5.69 Å². The standard InChI is InChI=1S/C11H13NO/c1-3-4-8-13-11-9(2)6-5-7-10(11)12/h1,5-7H,4,8,12H2,2H3. The molecule has 0 amide bonds. The van der Waals surface area contributed by atoms with Gasteiger partial charge < -0.3 is 10.5 Å². The minimum absolute atomic E-state index is 0.519. The summed E-state index contributed by atoms with van der Waals surface area (Å²) in [6.45, 7) is 2.48. The van der Waals surface area contributed by atoms with Gasteiger partial charge in [-0.05, 0) is 18.6 Å². The summed E-state index contributed by atoms with van der Waals surface area (Å²) < 4.78 is 5.44. The fourth-order valence-electron chi connectivity index (χ4n) is 1.08. The van der Waals surface area contributed by atoms with Crippen LogP contribution < -0.4 is 10.5 Å². The molecule has 1 rings (SSSR count). The molecule has 2 N–H and O–H groups in total. The molecule has 2 nitrogen and oxygen atoms in total. The summed E-state index contributed by atoms with van der Waals surface area (Å²) in [5.74, 6) is 3.26. The van der Waals surface area contributed by atoms with Crippen molar-refractivity contribution in [1.82, 2.24) is 0 Å². The van der Waals surface area contributed by atoms with E-state index in [1.165, 1.54) is 0 Å². The quantitative estimate of drug-likeness (QED) is 0.433. The number of hydrogen-bond acceptors (Lipinski definition) is 2. The van der Waals surface area contributed by atoms with Gasteiger partial charge in [-0.2, -0.15) is 0 Å². The number of benzene rings is 1. The van der Waals surface area contributed by atoms with Crippen molar-refractivity contribution >= 4 is 5.69 Å². The molecular formula is C11H13NO. The fraction of sp³-hybridized carbons (Fsp3) is 0.273. The van der Waals surface area contributed by atoms with Gasteiger partial charge in [0.2, 0.25) is 0 Å². The monoisotopic (exact) mass is 175 g/mol. The van der Waals surface area contributed by atoms with Gasteiger partial charge in [0.15, 0.2) is 0 Å². The van der Waals surface area contributed by atoms with E-state index in [1.54, 1.807) is 0 Å². The van der Waals surface area contributed by atoms with Gasteiger partial charge in [0.05, 0.1) is 12.3 Å². The summed E-state index contributed by atoms with van der Waals surface area (Å²) in [5.41, 5.74) is 7.43. The first-order valence-electron chi connectivity index (χ1n) is 4.17. The van der Waals surface area contributed by atoms with Crippen molar-refractivity contribution in [2.24, 2.45) is 0 Å². The molecule has 1 aromatic rings. The summed E-state index contributed by atoms with van der Waals surface area (Å²) in [5, 5.41) is 0. The highest BCUT2D eigenvalue weighted by Crippen LogP contribution is 2.25. The van der Waals surface area contributed by atoms with Crippen molar-refractivity contribution in [2.75, 3.05) is 12.3 Å². The number of hydrogen-bond donors (Lipinski definition) is 1. The van der Waals surface area contributed by atoms with Gasteiger partial charge in [0, 0.05) is 6.42 Å². The normalized spacial score (nSPS) is 9.23. The Kier molecular flexibility index (Phi) is 3.22. The third-order valence-corrected chi connectivity index (χ3v) is 1.74. The van der Waals surface area contributed by atoms with Crippen LogP contribution in [0.3, 0.4) is 0 Å². The van der Waals surface area contributed by atoms with Crippen molar-refractivity contribution in [3.8, 4) is 18.1 Å².